The second kappa shape index (κ2) is 10.8. The molecule has 0 radical (unpaired) electrons. The minimum atomic E-state index is -3.53. The Morgan fingerprint density at radius 3 is 2.54 bits per heavy atom. The molecule has 1 aromatic heterocycles. The van der Waals surface area contributed by atoms with Crippen molar-refractivity contribution in [3.63, 3.8) is 0 Å². The maximum absolute atomic E-state index is 12.9. The Morgan fingerprint density at radius 2 is 1.86 bits per heavy atom. The van der Waals surface area contributed by atoms with E-state index in [1.54, 1.807) is 41.4 Å². The van der Waals surface area contributed by atoms with Gasteiger partial charge in [-0.15, -0.1) is 0 Å². The number of anilines is 1. The third-order valence-corrected chi connectivity index (χ3v) is 8.01. The first kappa shape index (κ1) is 24.6. The van der Waals surface area contributed by atoms with E-state index in [0.717, 1.165) is 28.3 Å². The number of ether oxygens (including phenoxy) is 1. The first-order chi connectivity index (χ1) is 16.9. The summed E-state index contributed by atoms with van der Waals surface area (Å²) in [6.07, 6.45) is 5.66. The number of hydrogen-bond acceptors (Lipinski definition) is 5. The van der Waals surface area contributed by atoms with Gasteiger partial charge in [0.25, 0.3) is 5.91 Å². The van der Waals surface area contributed by atoms with Gasteiger partial charge >= 0.3 is 0 Å². The molecule has 4 rings (SSSR count). The third kappa shape index (κ3) is 5.61. The number of amides is 1. The number of aromatic nitrogens is 1. The molecule has 35 heavy (non-hydrogen) atoms. The molecule has 8 heteroatoms. The predicted molar refractivity (Wildman–Crippen MR) is 137 cm³/mol. The Labute approximate surface area is 206 Å². The van der Waals surface area contributed by atoms with Gasteiger partial charge in [0.15, 0.2) is 0 Å². The van der Waals surface area contributed by atoms with Crippen molar-refractivity contribution >= 4 is 27.7 Å². The summed E-state index contributed by atoms with van der Waals surface area (Å²) in [5.41, 5.74) is 3.36. The summed E-state index contributed by atoms with van der Waals surface area (Å²) in [6, 6.07) is 18.2. The molecule has 0 saturated carbocycles. The number of hydrogen-bond donors (Lipinski definition) is 0. The minimum absolute atomic E-state index is 0.140. The number of rotatable bonds is 9. The lowest BCUT2D eigenvalue weighted by atomic mass is 10.2. The molecular formula is C27H29N3O4S. The van der Waals surface area contributed by atoms with Crippen molar-refractivity contribution in [3.8, 4) is 5.75 Å². The fourth-order valence-corrected chi connectivity index (χ4v) is 5.56. The van der Waals surface area contributed by atoms with E-state index >= 15 is 0 Å². The van der Waals surface area contributed by atoms with Crippen LogP contribution in [0.15, 0.2) is 77.8 Å². The van der Waals surface area contributed by atoms with E-state index in [9.17, 15) is 13.2 Å². The first-order valence-electron chi connectivity index (χ1n) is 11.7. The standard InChI is InChI=1S/C27H29N3O4S/c1-3-29(4-2)35(32,33)25-13-14-26-22(19-25)16-18-30(26)27(31)15-10-21-8-11-24(12-9-21)34-20-23-7-5-6-17-28-23/h5-15,17,19H,3-4,16,18,20H2,1-2H3/b15-10+. The molecule has 0 N–H and O–H groups in total. The summed E-state index contributed by atoms with van der Waals surface area (Å²) in [5.74, 6) is 0.585. The maximum Gasteiger partial charge on any atom is 0.251 e. The fraction of sp³-hybridized carbons (Fsp3) is 0.259. The molecule has 3 aromatic rings. The van der Waals surface area contributed by atoms with Gasteiger partial charge in [-0.2, -0.15) is 4.31 Å². The lowest BCUT2D eigenvalue weighted by molar-refractivity contribution is -0.114. The molecule has 0 spiro atoms. The summed E-state index contributed by atoms with van der Waals surface area (Å²) < 4.78 is 32.8. The zero-order chi connectivity index (χ0) is 24.8. The van der Waals surface area contributed by atoms with Gasteiger partial charge in [-0.1, -0.05) is 32.0 Å². The highest BCUT2D eigenvalue weighted by molar-refractivity contribution is 7.89. The minimum Gasteiger partial charge on any atom is -0.487 e. The van der Waals surface area contributed by atoms with Crippen molar-refractivity contribution in [2.24, 2.45) is 0 Å². The molecule has 2 aromatic carbocycles. The fourth-order valence-electron chi connectivity index (χ4n) is 4.05. The van der Waals surface area contributed by atoms with Crippen LogP contribution in [0.4, 0.5) is 5.69 Å². The van der Waals surface area contributed by atoms with Gasteiger partial charge in [-0.05, 0) is 66.1 Å². The van der Waals surface area contributed by atoms with Crippen molar-refractivity contribution in [2.45, 2.75) is 31.8 Å². The van der Waals surface area contributed by atoms with Crippen molar-refractivity contribution in [1.82, 2.24) is 9.29 Å². The number of pyridine rings is 1. The third-order valence-electron chi connectivity index (χ3n) is 5.97. The van der Waals surface area contributed by atoms with Crippen molar-refractivity contribution < 1.29 is 17.9 Å². The Hall–Kier alpha value is -3.49. The molecule has 0 atom stereocenters. The van der Waals surface area contributed by atoms with Gasteiger partial charge in [0.2, 0.25) is 10.0 Å². The number of sulfonamides is 1. The van der Waals surface area contributed by atoms with Crippen LogP contribution in [0.5, 0.6) is 5.75 Å². The predicted octanol–water partition coefficient (Wildman–Crippen LogP) is 4.29. The highest BCUT2D eigenvalue weighted by Gasteiger charge is 2.27. The lowest BCUT2D eigenvalue weighted by Gasteiger charge is -2.19. The average Bonchev–Trinajstić information content (AvgIpc) is 3.31. The van der Waals surface area contributed by atoms with Gasteiger partial charge in [-0.25, -0.2) is 8.42 Å². The van der Waals surface area contributed by atoms with Crippen LogP contribution in [0.25, 0.3) is 6.08 Å². The van der Waals surface area contributed by atoms with Gasteiger partial charge in [0, 0.05) is 37.6 Å². The molecule has 0 fully saturated rings. The van der Waals surface area contributed by atoms with E-state index in [2.05, 4.69) is 4.98 Å². The summed E-state index contributed by atoms with van der Waals surface area (Å²) in [6.45, 7) is 5.40. The molecule has 0 aliphatic carbocycles. The van der Waals surface area contributed by atoms with Gasteiger partial charge in [-0.3, -0.25) is 9.78 Å². The zero-order valence-corrected chi connectivity index (χ0v) is 20.7. The normalized spacial score (nSPS) is 13.4. The monoisotopic (exact) mass is 491 g/mol. The Bertz CT molecular complexity index is 1300. The zero-order valence-electron chi connectivity index (χ0n) is 19.9. The van der Waals surface area contributed by atoms with Crippen LogP contribution >= 0.6 is 0 Å². The first-order valence-corrected chi connectivity index (χ1v) is 13.1. The van der Waals surface area contributed by atoms with E-state index in [4.69, 9.17) is 4.74 Å². The second-order valence-electron chi connectivity index (χ2n) is 8.13. The van der Waals surface area contributed by atoms with Crippen LogP contribution in [0.3, 0.4) is 0 Å². The number of fused-ring (bicyclic) bond motifs is 1. The molecule has 0 bridgehead atoms. The average molecular weight is 492 g/mol. The molecular weight excluding hydrogens is 462 g/mol. The van der Waals surface area contributed by atoms with Crippen LogP contribution in [-0.4, -0.2) is 43.2 Å². The number of carbonyl (C=O) groups excluding carboxylic acids is 1. The molecule has 1 aliphatic rings. The highest BCUT2D eigenvalue weighted by atomic mass is 32.2. The maximum atomic E-state index is 12.9. The molecule has 0 saturated heterocycles. The van der Waals surface area contributed by atoms with Crippen LogP contribution in [0, 0.1) is 0 Å². The molecule has 1 amide bonds. The SMILES string of the molecule is CCN(CC)S(=O)(=O)c1ccc2c(c1)CCN2C(=O)/C=C/c1ccc(OCc2ccccn2)cc1. The number of benzene rings is 2. The largest absolute Gasteiger partial charge is 0.487 e. The topological polar surface area (TPSA) is 79.8 Å². The highest BCUT2D eigenvalue weighted by Crippen LogP contribution is 2.31. The number of nitrogens with zero attached hydrogens (tertiary/aromatic N) is 3. The van der Waals surface area contributed by atoms with Crippen molar-refractivity contribution in [3.05, 3.63) is 89.8 Å². The second-order valence-corrected chi connectivity index (χ2v) is 10.1. The molecule has 0 unspecified atom stereocenters. The Balaban J connectivity index is 1.40. The van der Waals surface area contributed by atoms with Crippen LogP contribution in [0.1, 0.15) is 30.7 Å². The molecule has 2 heterocycles. The van der Waals surface area contributed by atoms with Crippen LogP contribution < -0.4 is 9.64 Å². The molecule has 1 aliphatic heterocycles. The molecule has 182 valence electrons. The van der Waals surface area contributed by atoms with Crippen molar-refractivity contribution in [2.75, 3.05) is 24.5 Å². The van der Waals surface area contributed by atoms with E-state index in [0.29, 0.717) is 32.7 Å². The summed E-state index contributed by atoms with van der Waals surface area (Å²) >= 11 is 0. The van der Waals surface area contributed by atoms with E-state index in [1.807, 2.05) is 56.3 Å². The van der Waals surface area contributed by atoms with Crippen LogP contribution in [0.2, 0.25) is 0 Å². The van der Waals surface area contributed by atoms with E-state index in [1.165, 1.54) is 4.31 Å². The van der Waals surface area contributed by atoms with Gasteiger partial charge in [0.1, 0.15) is 12.4 Å². The quantitative estimate of drug-likeness (QED) is 0.417. The van der Waals surface area contributed by atoms with E-state index < -0.39 is 10.0 Å². The Morgan fingerprint density at radius 1 is 1.09 bits per heavy atom. The van der Waals surface area contributed by atoms with E-state index in [-0.39, 0.29) is 10.8 Å². The number of carbonyl (C=O) groups is 1. The smallest absolute Gasteiger partial charge is 0.251 e. The Kier molecular flexibility index (Phi) is 7.63. The summed E-state index contributed by atoms with van der Waals surface area (Å²) in [4.78, 5) is 19.1. The van der Waals surface area contributed by atoms with Crippen molar-refractivity contribution in [1.29, 1.82) is 0 Å². The molecule has 7 nitrogen and oxygen atoms in total. The summed E-state index contributed by atoms with van der Waals surface area (Å²) in [7, 11) is -3.53. The van der Waals surface area contributed by atoms with Gasteiger partial charge in [0.05, 0.1) is 10.6 Å². The lowest BCUT2D eigenvalue weighted by Crippen LogP contribution is -2.30. The van der Waals surface area contributed by atoms with Gasteiger partial charge < -0.3 is 9.64 Å². The summed E-state index contributed by atoms with van der Waals surface area (Å²) in [5, 5.41) is 0. The van der Waals surface area contributed by atoms with Crippen LogP contribution in [-0.2, 0) is 27.8 Å².